The molecule has 0 amide bonds. The predicted octanol–water partition coefficient (Wildman–Crippen LogP) is 1.44. The van der Waals surface area contributed by atoms with Crippen LogP contribution in [0.4, 0.5) is 0 Å². The number of rotatable bonds is 4. The van der Waals surface area contributed by atoms with Gasteiger partial charge in [0.25, 0.3) is 0 Å². The van der Waals surface area contributed by atoms with E-state index in [4.69, 9.17) is 5.11 Å². The molecule has 0 atom stereocenters. The van der Waals surface area contributed by atoms with Crippen LogP contribution in [0.25, 0.3) is 0 Å². The van der Waals surface area contributed by atoms with Gasteiger partial charge in [0.15, 0.2) is 0 Å². The van der Waals surface area contributed by atoms with Gasteiger partial charge in [-0.2, -0.15) is 0 Å². The quantitative estimate of drug-likeness (QED) is 0.876. The van der Waals surface area contributed by atoms with Crippen LogP contribution in [0.3, 0.4) is 0 Å². The maximum atomic E-state index is 12.1. The SMILES string of the molecule is Cc1ccc(S(=O)(=O)NC2CC(C(=O)O)C2)cc1C. The van der Waals surface area contributed by atoms with Crippen molar-refractivity contribution in [2.24, 2.45) is 5.92 Å². The Morgan fingerprint density at radius 3 is 2.42 bits per heavy atom. The fourth-order valence-electron chi connectivity index (χ4n) is 2.08. The summed E-state index contributed by atoms with van der Waals surface area (Å²) < 4.78 is 26.8. The van der Waals surface area contributed by atoms with Gasteiger partial charge in [-0.05, 0) is 49.9 Å². The Labute approximate surface area is 112 Å². The van der Waals surface area contributed by atoms with E-state index in [1.165, 1.54) is 0 Å². The van der Waals surface area contributed by atoms with E-state index in [1.807, 2.05) is 13.8 Å². The highest BCUT2D eigenvalue weighted by molar-refractivity contribution is 7.89. The lowest BCUT2D eigenvalue weighted by Crippen LogP contribution is -2.46. The van der Waals surface area contributed by atoms with Crippen molar-refractivity contribution in [2.45, 2.75) is 37.6 Å². The molecule has 0 aliphatic heterocycles. The summed E-state index contributed by atoms with van der Waals surface area (Å²) in [4.78, 5) is 10.9. The van der Waals surface area contributed by atoms with Crippen LogP contribution in [0.5, 0.6) is 0 Å². The fraction of sp³-hybridized carbons (Fsp3) is 0.462. The van der Waals surface area contributed by atoms with Crippen molar-refractivity contribution >= 4 is 16.0 Å². The maximum absolute atomic E-state index is 12.1. The van der Waals surface area contributed by atoms with Gasteiger partial charge >= 0.3 is 5.97 Å². The molecule has 2 rings (SSSR count). The van der Waals surface area contributed by atoms with E-state index < -0.39 is 21.9 Å². The lowest BCUT2D eigenvalue weighted by Gasteiger charge is -2.32. The third kappa shape index (κ3) is 2.96. The number of sulfonamides is 1. The highest BCUT2D eigenvalue weighted by Gasteiger charge is 2.36. The molecular weight excluding hydrogens is 266 g/mol. The molecule has 104 valence electrons. The molecule has 5 nitrogen and oxygen atoms in total. The Kier molecular flexibility index (Phi) is 3.64. The van der Waals surface area contributed by atoms with Gasteiger partial charge < -0.3 is 5.11 Å². The summed E-state index contributed by atoms with van der Waals surface area (Å²) in [5.74, 6) is -1.28. The van der Waals surface area contributed by atoms with Crippen molar-refractivity contribution < 1.29 is 18.3 Å². The molecule has 0 saturated heterocycles. The first-order valence-electron chi connectivity index (χ1n) is 6.12. The number of carbonyl (C=O) groups is 1. The Bertz CT molecular complexity index is 603. The van der Waals surface area contributed by atoms with Gasteiger partial charge in [0.2, 0.25) is 10.0 Å². The molecule has 0 aromatic heterocycles. The maximum Gasteiger partial charge on any atom is 0.306 e. The number of benzene rings is 1. The molecule has 1 aromatic carbocycles. The Morgan fingerprint density at radius 1 is 1.26 bits per heavy atom. The molecule has 2 N–H and O–H groups in total. The van der Waals surface area contributed by atoms with Crippen molar-refractivity contribution in [3.63, 3.8) is 0 Å². The van der Waals surface area contributed by atoms with Gasteiger partial charge in [0, 0.05) is 6.04 Å². The normalized spacial score (nSPS) is 22.8. The highest BCUT2D eigenvalue weighted by atomic mass is 32.2. The zero-order valence-corrected chi connectivity index (χ0v) is 11.7. The summed E-state index contributed by atoms with van der Waals surface area (Å²) in [5.41, 5.74) is 1.95. The number of aliphatic carboxylic acids is 1. The minimum Gasteiger partial charge on any atom is -0.481 e. The number of nitrogens with one attached hydrogen (secondary N) is 1. The van der Waals surface area contributed by atoms with E-state index in [0.29, 0.717) is 12.8 Å². The van der Waals surface area contributed by atoms with E-state index in [2.05, 4.69) is 4.72 Å². The average Bonchev–Trinajstić information content (AvgIpc) is 2.26. The molecule has 19 heavy (non-hydrogen) atoms. The van der Waals surface area contributed by atoms with Crippen LogP contribution in [0.2, 0.25) is 0 Å². The second-order valence-corrected chi connectivity index (χ2v) is 6.78. The van der Waals surface area contributed by atoms with Crippen LogP contribution in [0.15, 0.2) is 23.1 Å². The molecule has 0 radical (unpaired) electrons. The summed E-state index contributed by atoms with van der Waals surface area (Å²) >= 11 is 0. The fourth-order valence-corrected chi connectivity index (χ4v) is 3.43. The molecule has 1 aliphatic rings. The van der Waals surface area contributed by atoms with Crippen LogP contribution in [0, 0.1) is 19.8 Å². The van der Waals surface area contributed by atoms with Crippen molar-refractivity contribution in [3.8, 4) is 0 Å². The highest BCUT2D eigenvalue weighted by Crippen LogP contribution is 2.29. The minimum absolute atomic E-state index is 0.231. The third-order valence-corrected chi connectivity index (χ3v) is 5.12. The van der Waals surface area contributed by atoms with Gasteiger partial charge in [-0.25, -0.2) is 13.1 Å². The smallest absolute Gasteiger partial charge is 0.306 e. The molecule has 1 aliphatic carbocycles. The molecule has 0 bridgehead atoms. The van der Waals surface area contributed by atoms with E-state index >= 15 is 0 Å². The summed E-state index contributed by atoms with van der Waals surface area (Å²) in [7, 11) is -3.55. The molecule has 6 heteroatoms. The summed E-state index contributed by atoms with van der Waals surface area (Å²) in [5, 5.41) is 8.76. The molecule has 0 heterocycles. The van der Waals surface area contributed by atoms with Crippen LogP contribution in [-0.2, 0) is 14.8 Å². The van der Waals surface area contributed by atoms with E-state index in [0.717, 1.165) is 11.1 Å². The Morgan fingerprint density at radius 2 is 1.89 bits per heavy atom. The van der Waals surface area contributed by atoms with E-state index in [9.17, 15) is 13.2 Å². The van der Waals surface area contributed by atoms with E-state index in [-0.39, 0.29) is 10.9 Å². The second kappa shape index (κ2) is 4.94. The topological polar surface area (TPSA) is 83.5 Å². The van der Waals surface area contributed by atoms with Crippen molar-refractivity contribution in [3.05, 3.63) is 29.3 Å². The van der Waals surface area contributed by atoms with Crippen LogP contribution in [-0.4, -0.2) is 25.5 Å². The third-order valence-electron chi connectivity index (χ3n) is 3.60. The Balaban J connectivity index is 2.07. The van der Waals surface area contributed by atoms with Gasteiger partial charge in [0.05, 0.1) is 10.8 Å². The lowest BCUT2D eigenvalue weighted by molar-refractivity contribution is -0.145. The van der Waals surface area contributed by atoms with Gasteiger partial charge in [-0.3, -0.25) is 4.79 Å². The van der Waals surface area contributed by atoms with E-state index in [1.54, 1.807) is 18.2 Å². The van der Waals surface area contributed by atoms with Gasteiger partial charge in [0.1, 0.15) is 0 Å². The molecule has 0 unspecified atom stereocenters. The monoisotopic (exact) mass is 283 g/mol. The lowest BCUT2D eigenvalue weighted by atomic mass is 9.81. The summed E-state index contributed by atoms with van der Waals surface area (Å²) in [6, 6.07) is 4.70. The number of hydrogen-bond donors (Lipinski definition) is 2. The largest absolute Gasteiger partial charge is 0.481 e. The first-order valence-corrected chi connectivity index (χ1v) is 7.60. The minimum atomic E-state index is -3.55. The van der Waals surface area contributed by atoms with Gasteiger partial charge in [-0.1, -0.05) is 6.07 Å². The number of carboxylic acids is 1. The predicted molar refractivity (Wildman–Crippen MR) is 70.4 cm³/mol. The zero-order valence-electron chi connectivity index (χ0n) is 10.9. The first kappa shape index (κ1) is 14.0. The van der Waals surface area contributed by atoms with Crippen LogP contribution < -0.4 is 4.72 Å². The standard InChI is InChI=1S/C13H17NO4S/c1-8-3-4-12(5-9(8)2)19(17,18)14-11-6-10(7-11)13(15)16/h3-5,10-11,14H,6-7H2,1-2H3,(H,15,16). The average molecular weight is 283 g/mol. The Hall–Kier alpha value is -1.40. The van der Waals surface area contributed by atoms with Crippen LogP contribution in [0.1, 0.15) is 24.0 Å². The summed E-state index contributed by atoms with van der Waals surface area (Å²) in [6.07, 6.45) is 0.721. The van der Waals surface area contributed by atoms with Crippen molar-refractivity contribution in [1.29, 1.82) is 0 Å². The molecule has 0 spiro atoms. The molecular formula is C13H17NO4S. The van der Waals surface area contributed by atoms with Crippen LogP contribution >= 0.6 is 0 Å². The summed E-state index contributed by atoms with van der Waals surface area (Å²) in [6.45, 7) is 3.78. The number of hydrogen-bond acceptors (Lipinski definition) is 3. The van der Waals surface area contributed by atoms with Crippen molar-refractivity contribution in [2.75, 3.05) is 0 Å². The first-order chi connectivity index (χ1) is 8.79. The van der Waals surface area contributed by atoms with Gasteiger partial charge in [-0.15, -0.1) is 0 Å². The zero-order chi connectivity index (χ0) is 14.2. The molecule has 1 fully saturated rings. The number of aryl methyl sites for hydroxylation is 2. The number of carboxylic acid groups (broad SMARTS) is 1. The molecule has 1 aromatic rings. The molecule has 1 saturated carbocycles. The second-order valence-electron chi connectivity index (χ2n) is 5.07. The van der Waals surface area contributed by atoms with Crippen molar-refractivity contribution in [1.82, 2.24) is 4.72 Å².